The highest BCUT2D eigenvalue weighted by atomic mass is 19.1. The van der Waals surface area contributed by atoms with Crippen LogP contribution in [0.5, 0.6) is 0 Å². The lowest BCUT2D eigenvalue weighted by molar-refractivity contribution is 0.0524. The number of Topliss-reactive ketones (excluding diaryl/α,β-unsaturated/α-hetero) is 1. The number of likely N-dealkylation sites (tertiary alicyclic amines) is 1. The summed E-state index contributed by atoms with van der Waals surface area (Å²) in [5.74, 6) is 0.980. The number of ether oxygens (including phenoxy) is 1. The van der Waals surface area contributed by atoms with Crippen LogP contribution < -0.4 is 5.32 Å². The lowest BCUT2D eigenvalue weighted by atomic mass is 9.89. The van der Waals surface area contributed by atoms with Crippen molar-refractivity contribution in [2.75, 3.05) is 26.2 Å². The summed E-state index contributed by atoms with van der Waals surface area (Å²) in [6, 6.07) is 5.86. The number of nitrogens with zero attached hydrogens (tertiary/aromatic N) is 1. The molecule has 154 valence electrons. The molecule has 1 N–H and O–H groups in total. The van der Waals surface area contributed by atoms with E-state index in [0.717, 1.165) is 38.9 Å². The molecule has 1 aromatic rings. The zero-order valence-corrected chi connectivity index (χ0v) is 17.0. The number of hydrogen-bond donors (Lipinski definition) is 1. The maximum absolute atomic E-state index is 13.0. The van der Waals surface area contributed by atoms with Gasteiger partial charge < -0.3 is 15.0 Å². The molecular formula is C22H31FN2O3. The Morgan fingerprint density at radius 2 is 1.79 bits per heavy atom. The van der Waals surface area contributed by atoms with Crippen molar-refractivity contribution < 1.29 is 18.7 Å². The highest BCUT2D eigenvalue weighted by molar-refractivity contribution is 5.97. The van der Waals surface area contributed by atoms with Crippen LogP contribution >= 0.6 is 0 Å². The summed E-state index contributed by atoms with van der Waals surface area (Å²) in [6.07, 6.45) is 2.48. The van der Waals surface area contributed by atoms with Crippen LogP contribution in [0.2, 0.25) is 0 Å². The highest BCUT2D eigenvalue weighted by Gasteiger charge is 2.39. The SMILES string of the molecule is CC(C)(C)OC(=O)NCC1CC1CN1CCC(C(=O)c2ccc(F)cc2)CC1. The zero-order valence-electron chi connectivity index (χ0n) is 17.0. The minimum atomic E-state index is -0.470. The first-order chi connectivity index (χ1) is 13.2. The van der Waals surface area contributed by atoms with Gasteiger partial charge in [0.15, 0.2) is 5.78 Å². The number of piperidine rings is 1. The fourth-order valence-corrected chi connectivity index (χ4v) is 3.87. The Hall–Kier alpha value is -1.95. The fraction of sp³-hybridized carbons (Fsp3) is 0.636. The van der Waals surface area contributed by atoms with E-state index in [1.807, 2.05) is 20.8 Å². The van der Waals surface area contributed by atoms with Crippen LogP contribution in [0.25, 0.3) is 0 Å². The number of hydrogen-bond acceptors (Lipinski definition) is 4. The van der Waals surface area contributed by atoms with Gasteiger partial charge in [-0.1, -0.05) is 0 Å². The molecule has 0 aromatic heterocycles. The number of carbonyl (C=O) groups is 2. The van der Waals surface area contributed by atoms with Crippen molar-refractivity contribution in [3.63, 3.8) is 0 Å². The number of rotatable bonds is 6. The topological polar surface area (TPSA) is 58.6 Å². The van der Waals surface area contributed by atoms with Gasteiger partial charge in [-0.05, 0) is 89.2 Å². The van der Waals surface area contributed by atoms with E-state index in [1.165, 1.54) is 12.1 Å². The van der Waals surface area contributed by atoms with E-state index in [1.54, 1.807) is 12.1 Å². The summed E-state index contributed by atoms with van der Waals surface area (Å²) in [7, 11) is 0. The molecule has 2 aliphatic rings. The van der Waals surface area contributed by atoms with Crippen LogP contribution in [0.3, 0.4) is 0 Å². The molecular weight excluding hydrogens is 359 g/mol. The Kier molecular flexibility index (Phi) is 6.38. The third kappa shape index (κ3) is 6.03. The lowest BCUT2D eigenvalue weighted by Crippen LogP contribution is -2.38. The van der Waals surface area contributed by atoms with Crippen molar-refractivity contribution in [3.8, 4) is 0 Å². The average molecular weight is 390 g/mol. The highest BCUT2D eigenvalue weighted by Crippen LogP contribution is 2.39. The Balaban J connectivity index is 1.35. The molecule has 1 aromatic carbocycles. The third-order valence-electron chi connectivity index (χ3n) is 5.56. The quantitative estimate of drug-likeness (QED) is 0.749. The third-order valence-corrected chi connectivity index (χ3v) is 5.56. The maximum atomic E-state index is 13.0. The molecule has 2 unspecified atom stereocenters. The van der Waals surface area contributed by atoms with Crippen LogP contribution in [-0.4, -0.2) is 48.6 Å². The molecule has 1 amide bonds. The van der Waals surface area contributed by atoms with Gasteiger partial charge in [-0.2, -0.15) is 0 Å². The molecule has 1 aliphatic carbocycles. The van der Waals surface area contributed by atoms with Crippen LogP contribution in [0.15, 0.2) is 24.3 Å². The van der Waals surface area contributed by atoms with E-state index in [-0.39, 0.29) is 23.6 Å². The molecule has 2 fully saturated rings. The van der Waals surface area contributed by atoms with Crippen molar-refractivity contribution in [1.29, 1.82) is 0 Å². The van der Waals surface area contributed by atoms with Gasteiger partial charge in [-0.25, -0.2) is 9.18 Å². The molecule has 28 heavy (non-hydrogen) atoms. The van der Waals surface area contributed by atoms with Gasteiger partial charge in [-0.3, -0.25) is 4.79 Å². The van der Waals surface area contributed by atoms with Gasteiger partial charge in [-0.15, -0.1) is 0 Å². The molecule has 3 rings (SSSR count). The van der Waals surface area contributed by atoms with E-state index in [9.17, 15) is 14.0 Å². The Morgan fingerprint density at radius 1 is 1.14 bits per heavy atom. The molecule has 5 nitrogen and oxygen atoms in total. The second kappa shape index (κ2) is 8.60. The summed E-state index contributed by atoms with van der Waals surface area (Å²) < 4.78 is 18.3. The fourth-order valence-electron chi connectivity index (χ4n) is 3.87. The van der Waals surface area contributed by atoms with E-state index in [4.69, 9.17) is 4.74 Å². The number of carbonyl (C=O) groups excluding carboxylic acids is 2. The second-order valence-corrected chi connectivity index (χ2v) is 9.08. The molecule has 0 bridgehead atoms. The van der Waals surface area contributed by atoms with Crippen molar-refractivity contribution >= 4 is 11.9 Å². The first-order valence-corrected chi connectivity index (χ1v) is 10.2. The lowest BCUT2D eigenvalue weighted by Gasteiger charge is -2.31. The number of ketones is 1. The number of alkyl carbamates (subject to hydrolysis) is 1. The van der Waals surface area contributed by atoms with Crippen molar-refractivity contribution in [2.45, 2.75) is 45.6 Å². The van der Waals surface area contributed by atoms with E-state index in [0.29, 0.717) is 23.9 Å². The first kappa shape index (κ1) is 20.8. The Labute approximate surface area is 166 Å². The van der Waals surface area contributed by atoms with Gasteiger partial charge in [0.25, 0.3) is 0 Å². The van der Waals surface area contributed by atoms with E-state index >= 15 is 0 Å². The van der Waals surface area contributed by atoms with Crippen LogP contribution in [0, 0.1) is 23.6 Å². The molecule has 1 aliphatic heterocycles. The number of halogens is 1. The molecule has 1 saturated carbocycles. The van der Waals surface area contributed by atoms with Crippen LogP contribution in [-0.2, 0) is 4.74 Å². The second-order valence-electron chi connectivity index (χ2n) is 9.08. The van der Waals surface area contributed by atoms with Gasteiger partial charge in [0, 0.05) is 24.6 Å². The number of amides is 1. The molecule has 0 radical (unpaired) electrons. The predicted molar refractivity (Wildman–Crippen MR) is 106 cm³/mol. The summed E-state index contributed by atoms with van der Waals surface area (Å²) in [4.78, 5) is 26.7. The maximum Gasteiger partial charge on any atom is 0.407 e. The van der Waals surface area contributed by atoms with Gasteiger partial charge in [0.05, 0.1) is 0 Å². The van der Waals surface area contributed by atoms with Crippen molar-refractivity contribution in [3.05, 3.63) is 35.6 Å². The monoisotopic (exact) mass is 390 g/mol. The normalized spacial score (nSPS) is 23.3. The molecule has 0 spiro atoms. The predicted octanol–water partition coefficient (Wildman–Crippen LogP) is 3.88. The van der Waals surface area contributed by atoms with Crippen LogP contribution in [0.4, 0.5) is 9.18 Å². The van der Waals surface area contributed by atoms with Crippen LogP contribution in [0.1, 0.15) is 50.4 Å². The molecule has 6 heteroatoms. The molecule has 1 saturated heterocycles. The minimum absolute atomic E-state index is 0.0329. The zero-order chi connectivity index (χ0) is 20.3. The average Bonchev–Trinajstić information content (AvgIpc) is 3.37. The molecule has 2 atom stereocenters. The van der Waals surface area contributed by atoms with Gasteiger partial charge >= 0.3 is 6.09 Å². The van der Waals surface area contributed by atoms with E-state index in [2.05, 4.69) is 10.2 Å². The summed E-state index contributed by atoms with van der Waals surface area (Å²) in [6.45, 7) is 9.10. The minimum Gasteiger partial charge on any atom is -0.444 e. The Bertz CT molecular complexity index is 691. The Morgan fingerprint density at radius 3 is 2.39 bits per heavy atom. The molecule has 1 heterocycles. The van der Waals surface area contributed by atoms with E-state index < -0.39 is 5.60 Å². The number of benzene rings is 1. The van der Waals surface area contributed by atoms with Gasteiger partial charge in [0.1, 0.15) is 11.4 Å². The number of nitrogens with one attached hydrogen (secondary N) is 1. The van der Waals surface area contributed by atoms with Gasteiger partial charge in [0.2, 0.25) is 0 Å². The summed E-state index contributed by atoms with van der Waals surface area (Å²) in [5.41, 5.74) is 0.137. The van der Waals surface area contributed by atoms with Crippen molar-refractivity contribution in [2.24, 2.45) is 17.8 Å². The van der Waals surface area contributed by atoms with Crippen molar-refractivity contribution in [1.82, 2.24) is 10.2 Å². The summed E-state index contributed by atoms with van der Waals surface area (Å²) in [5, 5.41) is 2.86. The smallest absolute Gasteiger partial charge is 0.407 e. The summed E-state index contributed by atoms with van der Waals surface area (Å²) >= 11 is 0. The first-order valence-electron chi connectivity index (χ1n) is 10.2. The standard InChI is InChI=1S/C22H31FN2O3/c1-22(2,3)28-21(27)24-13-17-12-18(17)14-25-10-8-16(9-11-25)20(26)15-4-6-19(23)7-5-15/h4-7,16-18H,8-14H2,1-3H3,(H,24,27). The largest absolute Gasteiger partial charge is 0.444 e.